The highest BCUT2D eigenvalue weighted by Crippen LogP contribution is 2.43. The third-order valence-electron chi connectivity index (χ3n) is 8.79. The maximum atomic E-state index is 13.7. The molecule has 0 spiro atoms. The Balaban J connectivity index is 1.90. The molecule has 0 amide bonds. The molecule has 1 aromatic rings. The molecule has 0 aromatic heterocycles. The first-order valence-corrected chi connectivity index (χ1v) is 20.4. The zero-order valence-electron chi connectivity index (χ0n) is 23.7. The highest BCUT2D eigenvalue weighted by molar-refractivity contribution is 6.95. The van der Waals surface area contributed by atoms with Gasteiger partial charge in [-0.25, -0.2) is 0 Å². The van der Waals surface area contributed by atoms with Gasteiger partial charge in [-0.15, -0.1) is 0 Å². The van der Waals surface area contributed by atoms with E-state index in [1.54, 1.807) is 0 Å². The second-order valence-electron chi connectivity index (χ2n) is 12.7. The van der Waals surface area contributed by atoms with Gasteiger partial charge in [-0.05, 0) is 61.6 Å². The number of esters is 1. The van der Waals surface area contributed by atoms with Gasteiger partial charge in [-0.1, -0.05) is 83.7 Å². The lowest BCUT2D eigenvalue weighted by Gasteiger charge is -2.46. The fourth-order valence-electron chi connectivity index (χ4n) is 6.96. The standard InChI is InChI=1S/C29H51NO3Si2/c1-9-32-29(31)28(30-34(5,6)19-20-35(30,7)8)26(24-13-11-10-12-14-24)17-18-33-27-21-23(4)15-16-25(27)22(2)3/h10-14,22-23,25-28H,9,15-21H2,1-8H3/t23-,25+,26-,27-,28-/m0/s1. The van der Waals surface area contributed by atoms with Gasteiger partial charge >= 0.3 is 5.97 Å². The van der Waals surface area contributed by atoms with Gasteiger partial charge in [0.25, 0.3) is 0 Å². The van der Waals surface area contributed by atoms with Gasteiger partial charge < -0.3 is 13.7 Å². The van der Waals surface area contributed by atoms with Crippen LogP contribution in [0.5, 0.6) is 0 Å². The fourth-order valence-corrected chi connectivity index (χ4v) is 21.6. The predicted octanol–water partition coefficient (Wildman–Crippen LogP) is 7.30. The number of hydrogen-bond acceptors (Lipinski definition) is 4. The lowest BCUT2D eigenvalue weighted by Crippen LogP contribution is -2.63. The SMILES string of the molecule is CCOC(=O)[C@H]([C@@H](CCO[C@H]1C[C@@H](C)CC[C@@H]1C(C)C)c1ccccc1)N1[Si](C)(C)CC[Si]1(C)C. The molecule has 1 aromatic carbocycles. The maximum absolute atomic E-state index is 13.7. The first kappa shape index (κ1) is 28.6. The number of hydrogen-bond donors (Lipinski definition) is 0. The summed E-state index contributed by atoms with van der Waals surface area (Å²) in [7, 11) is -3.42. The van der Waals surface area contributed by atoms with E-state index in [2.05, 4.69) is 81.5 Å². The van der Waals surface area contributed by atoms with Crippen LogP contribution in [0.2, 0.25) is 38.3 Å². The third kappa shape index (κ3) is 6.88. The van der Waals surface area contributed by atoms with Crippen LogP contribution in [0, 0.1) is 17.8 Å². The molecule has 1 aliphatic carbocycles. The van der Waals surface area contributed by atoms with Gasteiger partial charge in [0.15, 0.2) is 0 Å². The summed E-state index contributed by atoms with van der Waals surface area (Å²) in [4.78, 5) is 13.7. The topological polar surface area (TPSA) is 38.8 Å². The van der Waals surface area contributed by atoms with Crippen LogP contribution in [0.15, 0.2) is 30.3 Å². The second kappa shape index (κ2) is 12.1. The molecule has 35 heavy (non-hydrogen) atoms. The summed E-state index contributed by atoms with van der Waals surface area (Å²) in [6, 6.07) is 13.0. The summed E-state index contributed by atoms with van der Waals surface area (Å²) in [5.41, 5.74) is 1.24. The van der Waals surface area contributed by atoms with Crippen LogP contribution in [-0.2, 0) is 14.3 Å². The first-order valence-electron chi connectivity index (χ1n) is 14.1. The Hall–Kier alpha value is -0.956. The van der Waals surface area contributed by atoms with Crippen molar-refractivity contribution in [2.75, 3.05) is 13.2 Å². The van der Waals surface area contributed by atoms with Crippen molar-refractivity contribution in [3.8, 4) is 0 Å². The third-order valence-corrected chi connectivity index (χ3v) is 19.0. The minimum atomic E-state index is -1.71. The molecule has 1 saturated carbocycles. The predicted molar refractivity (Wildman–Crippen MR) is 152 cm³/mol. The number of carbonyl (C=O) groups excluding carboxylic acids is 1. The van der Waals surface area contributed by atoms with E-state index in [0.29, 0.717) is 31.2 Å². The number of carbonyl (C=O) groups is 1. The van der Waals surface area contributed by atoms with Crippen LogP contribution in [0.4, 0.5) is 0 Å². The minimum absolute atomic E-state index is 0.0317. The van der Waals surface area contributed by atoms with Gasteiger partial charge in [0.05, 0.1) is 12.7 Å². The molecular weight excluding hydrogens is 466 g/mol. The summed E-state index contributed by atoms with van der Waals surface area (Å²) >= 11 is 0. The minimum Gasteiger partial charge on any atom is -0.465 e. The smallest absolute Gasteiger partial charge is 0.322 e. The molecule has 3 rings (SSSR count). The molecular formula is C29H51NO3Si2. The normalized spacial score (nSPS) is 28.1. The van der Waals surface area contributed by atoms with E-state index in [9.17, 15) is 4.79 Å². The quantitative estimate of drug-likeness (QED) is 0.241. The molecule has 1 heterocycles. The largest absolute Gasteiger partial charge is 0.465 e. The van der Waals surface area contributed by atoms with E-state index in [1.165, 1.54) is 30.5 Å². The van der Waals surface area contributed by atoms with Crippen molar-refractivity contribution in [3.63, 3.8) is 0 Å². The molecule has 6 heteroatoms. The van der Waals surface area contributed by atoms with Gasteiger partial charge in [0.1, 0.15) is 22.5 Å². The summed E-state index contributed by atoms with van der Waals surface area (Å²) in [5.74, 6) is 2.07. The fraction of sp³-hybridized carbons (Fsp3) is 0.759. The Morgan fingerprint density at radius 2 is 1.69 bits per heavy atom. The van der Waals surface area contributed by atoms with Crippen LogP contribution in [-0.4, -0.2) is 52.0 Å². The van der Waals surface area contributed by atoms with Crippen LogP contribution in [0.25, 0.3) is 0 Å². The average molecular weight is 518 g/mol. The lowest BCUT2D eigenvalue weighted by molar-refractivity contribution is -0.148. The van der Waals surface area contributed by atoms with Crippen molar-refractivity contribution < 1.29 is 14.3 Å². The summed E-state index contributed by atoms with van der Waals surface area (Å²) in [6.07, 6.45) is 4.93. The van der Waals surface area contributed by atoms with E-state index in [1.807, 2.05) is 6.92 Å². The number of ether oxygens (including phenoxy) is 2. The second-order valence-corrected chi connectivity index (χ2v) is 22.4. The average Bonchev–Trinajstić information content (AvgIpc) is 3.01. The molecule has 1 saturated heterocycles. The molecule has 0 radical (unpaired) electrons. The van der Waals surface area contributed by atoms with Crippen LogP contribution in [0.3, 0.4) is 0 Å². The summed E-state index contributed by atoms with van der Waals surface area (Å²) < 4.78 is 15.2. The van der Waals surface area contributed by atoms with Crippen LogP contribution >= 0.6 is 0 Å². The van der Waals surface area contributed by atoms with E-state index < -0.39 is 16.5 Å². The number of rotatable bonds is 10. The monoisotopic (exact) mass is 517 g/mol. The Morgan fingerprint density at radius 3 is 2.26 bits per heavy atom. The van der Waals surface area contributed by atoms with Gasteiger partial charge in [-0.3, -0.25) is 4.79 Å². The molecule has 198 valence electrons. The zero-order valence-corrected chi connectivity index (χ0v) is 25.7. The van der Waals surface area contributed by atoms with Crippen molar-refractivity contribution in [1.82, 2.24) is 4.23 Å². The van der Waals surface area contributed by atoms with E-state index in [4.69, 9.17) is 9.47 Å². The van der Waals surface area contributed by atoms with Crippen molar-refractivity contribution >= 4 is 22.4 Å². The number of nitrogens with zero attached hydrogens (tertiary/aromatic N) is 1. The van der Waals surface area contributed by atoms with Gasteiger partial charge in [-0.2, -0.15) is 0 Å². The van der Waals surface area contributed by atoms with E-state index in [-0.39, 0.29) is 17.9 Å². The van der Waals surface area contributed by atoms with Crippen molar-refractivity contribution in [2.24, 2.45) is 17.8 Å². The Bertz CT molecular complexity index is 797. The summed E-state index contributed by atoms with van der Waals surface area (Å²) in [5, 5.41) is 0. The maximum Gasteiger partial charge on any atom is 0.322 e. The molecule has 4 nitrogen and oxygen atoms in total. The van der Waals surface area contributed by atoms with Gasteiger partial charge in [0.2, 0.25) is 0 Å². The molecule has 2 fully saturated rings. The van der Waals surface area contributed by atoms with E-state index >= 15 is 0 Å². The van der Waals surface area contributed by atoms with Gasteiger partial charge in [0, 0.05) is 12.5 Å². The highest BCUT2D eigenvalue weighted by atomic mass is 28.4. The molecule has 1 aliphatic heterocycles. The lowest BCUT2D eigenvalue weighted by atomic mass is 9.75. The Labute approximate surface area is 217 Å². The number of benzene rings is 1. The summed E-state index contributed by atoms with van der Waals surface area (Å²) in [6.45, 7) is 19.9. The Kier molecular flexibility index (Phi) is 9.86. The molecule has 5 atom stereocenters. The Morgan fingerprint density at radius 1 is 1.06 bits per heavy atom. The van der Waals surface area contributed by atoms with Crippen LogP contribution < -0.4 is 0 Å². The van der Waals surface area contributed by atoms with Crippen molar-refractivity contribution in [3.05, 3.63) is 35.9 Å². The van der Waals surface area contributed by atoms with Crippen LogP contribution in [0.1, 0.15) is 64.9 Å². The first-order chi connectivity index (χ1) is 16.5. The van der Waals surface area contributed by atoms with Crippen molar-refractivity contribution in [1.29, 1.82) is 0 Å². The van der Waals surface area contributed by atoms with Crippen molar-refractivity contribution in [2.45, 2.75) is 110 Å². The molecule has 0 N–H and O–H groups in total. The van der Waals surface area contributed by atoms with E-state index in [0.717, 1.165) is 18.8 Å². The highest BCUT2D eigenvalue weighted by Gasteiger charge is 2.54. The molecule has 0 unspecified atom stereocenters. The zero-order chi connectivity index (χ0) is 25.8. The molecule has 2 aliphatic rings. The molecule has 0 bridgehead atoms.